The van der Waals surface area contributed by atoms with Crippen molar-refractivity contribution >= 4 is 33.5 Å². The molecule has 0 aliphatic rings. The van der Waals surface area contributed by atoms with Crippen molar-refractivity contribution in [1.29, 1.82) is 0 Å². The third kappa shape index (κ3) is 3.54. The molecule has 0 atom stereocenters. The van der Waals surface area contributed by atoms with E-state index in [1.807, 2.05) is 24.6 Å². The number of aromatic nitrogens is 3. The van der Waals surface area contributed by atoms with Gasteiger partial charge in [-0.2, -0.15) is 0 Å². The van der Waals surface area contributed by atoms with Crippen molar-refractivity contribution in [3.63, 3.8) is 0 Å². The monoisotopic (exact) mass is 362 g/mol. The SMILES string of the molecule is Cc1csc(CCCCNC(=O)c2cnc3scc(C)n3c2=O)n1. The summed E-state index contributed by atoms with van der Waals surface area (Å²) in [7, 11) is 0. The summed E-state index contributed by atoms with van der Waals surface area (Å²) < 4.78 is 1.48. The van der Waals surface area contributed by atoms with E-state index in [9.17, 15) is 9.59 Å². The number of rotatable bonds is 6. The van der Waals surface area contributed by atoms with Crippen LogP contribution in [0.5, 0.6) is 0 Å². The fourth-order valence-electron chi connectivity index (χ4n) is 2.40. The quantitative estimate of drug-likeness (QED) is 0.684. The molecule has 3 aromatic rings. The zero-order valence-corrected chi connectivity index (χ0v) is 15.2. The highest BCUT2D eigenvalue weighted by atomic mass is 32.1. The lowest BCUT2D eigenvalue weighted by Crippen LogP contribution is -2.32. The second kappa shape index (κ2) is 7.23. The van der Waals surface area contributed by atoms with Crippen LogP contribution in [0.25, 0.3) is 4.96 Å². The number of nitrogens with zero attached hydrogens (tertiary/aromatic N) is 3. The van der Waals surface area contributed by atoms with E-state index in [4.69, 9.17) is 0 Å². The Bertz CT molecular complexity index is 926. The highest BCUT2D eigenvalue weighted by Crippen LogP contribution is 2.12. The minimum Gasteiger partial charge on any atom is -0.352 e. The summed E-state index contributed by atoms with van der Waals surface area (Å²) in [6.45, 7) is 4.35. The van der Waals surface area contributed by atoms with Crippen molar-refractivity contribution in [2.75, 3.05) is 6.54 Å². The Morgan fingerprint density at radius 3 is 2.83 bits per heavy atom. The molecule has 0 unspecified atom stereocenters. The van der Waals surface area contributed by atoms with E-state index >= 15 is 0 Å². The number of unbranched alkanes of at least 4 members (excludes halogenated alkanes) is 1. The van der Waals surface area contributed by atoms with Gasteiger partial charge in [-0.05, 0) is 33.1 Å². The van der Waals surface area contributed by atoms with Crippen LogP contribution in [0.4, 0.5) is 0 Å². The molecule has 3 rings (SSSR count). The number of thiazole rings is 2. The fraction of sp³-hybridized carbons (Fsp3) is 0.375. The first-order valence-electron chi connectivity index (χ1n) is 7.71. The summed E-state index contributed by atoms with van der Waals surface area (Å²) >= 11 is 3.05. The predicted octanol–water partition coefficient (Wildman–Crippen LogP) is 2.58. The lowest BCUT2D eigenvalue weighted by Gasteiger charge is -2.05. The molecule has 0 bridgehead atoms. The molecule has 6 nitrogen and oxygen atoms in total. The Kier molecular flexibility index (Phi) is 5.06. The van der Waals surface area contributed by atoms with Crippen molar-refractivity contribution < 1.29 is 4.79 Å². The zero-order chi connectivity index (χ0) is 17.1. The lowest BCUT2D eigenvalue weighted by molar-refractivity contribution is 0.0951. The Labute approximate surface area is 147 Å². The molecule has 3 heterocycles. The third-order valence-corrected chi connectivity index (χ3v) is 5.61. The van der Waals surface area contributed by atoms with Gasteiger partial charge in [0.25, 0.3) is 11.5 Å². The topological polar surface area (TPSA) is 76.4 Å². The number of amides is 1. The fourth-order valence-corrected chi connectivity index (χ4v) is 4.04. The van der Waals surface area contributed by atoms with Crippen LogP contribution < -0.4 is 10.9 Å². The number of carbonyl (C=O) groups excluding carboxylic acids is 1. The van der Waals surface area contributed by atoms with Gasteiger partial charge in [0.2, 0.25) is 0 Å². The highest BCUT2D eigenvalue weighted by Gasteiger charge is 2.14. The molecule has 1 N–H and O–H groups in total. The summed E-state index contributed by atoms with van der Waals surface area (Å²) in [5, 5.41) is 7.82. The molecule has 1 amide bonds. The van der Waals surface area contributed by atoms with E-state index in [2.05, 4.69) is 15.3 Å². The van der Waals surface area contributed by atoms with Crippen molar-refractivity contribution in [2.45, 2.75) is 33.1 Å². The number of hydrogen-bond donors (Lipinski definition) is 1. The normalized spacial score (nSPS) is 11.1. The summed E-state index contributed by atoms with van der Waals surface area (Å²) in [6.07, 6.45) is 4.08. The molecule has 0 aromatic carbocycles. The Hall–Kier alpha value is -2.06. The molecule has 0 saturated carbocycles. The summed E-state index contributed by atoms with van der Waals surface area (Å²) in [6, 6.07) is 0. The molecular weight excluding hydrogens is 344 g/mol. The van der Waals surface area contributed by atoms with Crippen molar-refractivity contribution in [2.24, 2.45) is 0 Å². The first-order valence-corrected chi connectivity index (χ1v) is 9.47. The standard InChI is InChI=1S/C16H18N4O2S2/c1-10-8-23-13(19-10)5-3-4-6-17-14(21)12-7-18-16-20(15(12)22)11(2)9-24-16/h7-9H,3-6H2,1-2H3,(H,17,21). The van der Waals surface area contributed by atoms with Crippen LogP contribution in [0.3, 0.4) is 0 Å². The van der Waals surface area contributed by atoms with Crippen LogP contribution in [0.15, 0.2) is 21.8 Å². The van der Waals surface area contributed by atoms with Gasteiger partial charge in [-0.1, -0.05) is 0 Å². The van der Waals surface area contributed by atoms with Crippen LogP contribution >= 0.6 is 22.7 Å². The number of hydrogen-bond acceptors (Lipinski definition) is 6. The van der Waals surface area contributed by atoms with Gasteiger partial charge in [0.15, 0.2) is 4.96 Å². The summed E-state index contributed by atoms with van der Waals surface area (Å²) in [4.78, 5) is 33.8. The van der Waals surface area contributed by atoms with Crippen LogP contribution in [-0.2, 0) is 6.42 Å². The van der Waals surface area contributed by atoms with E-state index < -0.39 is 0 Å². The average Bonchev–Trinajstić information content (AvgIpc) is 3.13. The van der Waals surface area contributed by atoms with E-state index in [1.165, 1.54) is 21.9 Å². The van der Waals surface area contributed by atoms with Crippen molar-refractivity contribution in [3.05, 3.63) is 49.3 Å². The predicted molar refractivity (Wildman–Crippen MR) is 96.2 cm³/mol. The first kappa shape index (κ1) is 16.8. The van der Waals surface area contributed by atoms with Crippen LogP contribution in [-0.4, -0.2) is 26.8 Å². The lowest BCUT2D eigenvalue weighted by atomic mass is 10.2. The minimum atomic E-state index is -0.363. The largest absolute Gasteiger partial charge is 0.352 e. The van der Waals surface area contributed by atoms with Gasteiger partial charge in [-0.25, -0.2) is 9.97 Å². The Balaban J connectivity index is 1.54. The van der Waals surface area contributed by atoms with Crippen molar-refractivity contribution in [1.82, 2.24) is 19.7 Å². The molecule has 0 spiro atoms. The number of carbonyl (C=O) groups is 1. The van der Waals surface area contributed by atoms with Gasteiger partial charge < -0.3 is 5.32 Å². The van der Waals surface area contributed by atoms with Gasteiger partial charge in [0.05, 0.1) is 5.01 Å². The summed E-state index contributed by atoms with van der Waals surface area (Å²) in [5.41, 5.74) is 1.62. The van der Waals surface area contributed by atoms with E-state index in [0.29, 0.717) is 11.5 Å². The molecule has 0 aliphatic carbocycles. The second-order valence-corrected chi connectivity index (χ2v) is 7.35. The van der Waals surface area contributed by atoms with Crippen LogP contribution in [0.1, 0.15) is 39.6 Å². The molecule has 0 saturated heterocycles. The molecule has 24 heavy (non-hydrogen) atoms. The van der Waals surface area contributed by atoms with Crippen LogP contribution in [0.2, 0.25) is 0 Å². The maximum atomic E-state index is 12.4. The van der Waals surface area contributed by atoms with Gasteiger partial charge in [-0.15, -0.1) is 22.7 Å². The number of nitrogens with one attached hydrogen (secondary N) is 1. The van der Waals surface area contributed by atoms with E-state index in [1.54, 1.807) is 11.3 Å². The highest BCUT2D eigenvalue weighted by molar-refractivity contribution is 7.15. The van der Waals surface area contributed by atoms with E-state index in [-0.39, 0.29) is 17.0 Å². The minimum absolute atomic E-state index is 0.0875. The van der Waals surface area contributed by atoms with Gasteiger partial charge in [-0.3, -0.25) is 14.0 Å². The number of aryl methyl sites for hydroxylation is 3. The Morgan fingerprint density at radius 1 is 1.25 bits per heavy atom. The maximum Gasteiger partial charge on any atom is 0.271 e. The molecule has 0 aliphatic heterocycles. The molecule has 126 valence electrons. The molecule has 3 aromatic heterocycles. The molecule has 0 fully saturated rings. The van der Waals surface area contributed by atoms with Gasteiger partial charge in [0.1, 0.15) is 5.56 Å². The Morgan fingerprint density at radius 2 is 2.08 bits per heavy atom. The summed E-state index contributed by atoms with van der Waals surface area (Å²) in [5.74, 6) is -0.363. The first-order chi connectivity index (χ1) is 11.6. The third-order valence-electron chi connectivity index (χ3n) is 3.63. The van der Waals surface area contributed by atoms with Gasteiger partial charge in [0, 0.05) is 34.9 Å². The van der Waals surface area contributed by atoms with E-state index in [0.717, 1.165) is 35.7 Å². The molecule has 0 radical (unpaired) electrons. The smallest absolute Gasteiger partial charge is 0.271 e. The van der Waals surface area contributed by atoms with Crippen molar-refractivity contribution in [3.8, 4) is 0 Å². The molecular formula is C16H18N4O2S2. The number of fused-ring (bicyclic) bond motifs is 1. The average molecular weight is 362 g/mol. The van der Waals surface area contributed by atoms with Crippen LogP contribution in [0, 0.1) is 13.8 Å². The second-order valence-electron chi connectivity index (χ2n) is 5.57. The zero-order valence-electron chi connectivity index (χ0n) is 13.5. The molecule has 8 heteroatoms. The maximum absolute atomic E-state index is 12.4. The van der Waals surface area contributed by atoms with Gasteiger partial charge >= 0.3 is 0 Å².